The Labute approximate surface area is 189 Å². The highest BCUT2D eigenvalue weighted by Gasteiger charge is 2.36. The average molecular weight is 493 g/mol. The molecule has 0 aliphatic carbocycles. The number of primary amides is 1. The maximum Gasteiger partial charge on any atom is 0.255 e. The minimum Gasteiger partial charge on any atom is -0.493 e. The molecule has 1 aliphatic rings. The van der Waals surface area contributed by atoms with Crippen LogP contribution in [0.4, 0.5) is 0 Å². The smallest absolute Gasteiger partial charge is 0.255 e. The van der Waals surface area contributed by atoms with Crippen molar-refractivity contribution >= 4 is 27.7 Å². The van der Waals surface area contributed by atoms with E-state index in [0.29, 0.717) is 31.6 Å². The number of methoxy groups -OCH3 is 2. The lowest BCUT2D eigenvalue weighted by atomic mass is 9.82. The maximum absolute atomic E-state index is 13.3. The van der Waals surface area contributed by atoms with Crippen LogP contribution in [0.2, 0.25) is 0 Å². The molecule has 0 spiro atoms. The van der Waals surface area contributed by atoms with Crippen LogP contribution in [0, 0.1) is 0 Å². The fourth-order valence-corrected chi connectivity index (χ4v) is 3.98. The van der Waals surface area contributed by atoms with Gasteiger partial charge in [0.25, 0.3) is 11.8 Å². The van der Waals surface area contributed by atoms with E-state index in [-0.39, 0.29) is 29.8 Å². The lowest BCUT2D eigenvalue weighted by molar-refractivity contribution is -0.120. The van der Waals surface area contributed by atoms with Crippen LogP contribution in [0.1, 0.15) is 28.8 Å². The summed E-state index contributed by atoms with van der Waals surface area (Å²) in [6.07, 6.45) is 1.28. The Hall–Kier alpha value is -2.78. The van der Waals surface area contributed by atoms with Crippen LogP contribution in [-0.2, 0) is 15.1 Å². The molecule has 0 radical (unpaired) electrons. The second-order valence-electron chi connectivity index (χ2n) is 7.12. The predicted octanol–water partition coefficient (Wildman–Crippen LogP) is 2.77. The van der Waals surface area contributed by atoms with Crippen LogP contribution < -0.4 is 25.3 Å². The topological polar surface area (TPSA) is 109 Å². The van der Waals surface area contributed by atoms with Gasteiger partial charge in [0, 0.05) is 23.2 Å². The molecule has 31 heavy (non-hydrogen) atoms. The summed E-state index contributed by atoms with van der Waals surface area (Å²) in [6.45, 7) is 0.739. The molecule has 0 unspecified atom stereocenters. The number of nitrogens with two attached hydrogens (primary N) is 1. The molecule has 166 valence electrons. The fraction of sp³-hybridized carbons (Fsp3) is 0.364. The summed E-state index contributed by atoms with van der Waals surface area (Å²) < 4.78 is 22.6. The number of carbonyl (C=O) groups excluding carboxylic acids is 2. The van der Waals surface area contributed by atoms with Crippen molar-refractivity contribution in [3.63, 3.8) is 0 Å². The SMILES string of the molecule is COc1cc(C(=O)NC2(c3cccc(Br)c3)CCOCC2)cc(OC)c1OCC(N)=O. The van der Waals surface area contributed by atoms with Gasteiger partial charge in [-0.05, 0) is 42.7 Å². The summed E-state index contributed by atoms with van der Waals surface area (Å²) >= 11 is 3.51. The van der Waals surface area contributed by atoms with Gasteiger partial charge in [0.15, 0.2) is 18.1 Å². The monoisotopic (exact) mass is 492 g/mol. The van der Waals surface area contributed by atoms with E-state index in [1.54, 1.807) is 12.1 Å². The first-order valence-corrected chi connectivity index (χ1v) is 10.5. The molecule has 1 saturated heterocycles. The Morgan fingerprint density at radius 2 is 1.77 bits per heavy atom. The van der Waals surface area contributed by atoms with Gasteiger partial charge in [0.05, 0.1) is 19.8 Å². The van der Waals surface area contributed by atoms with Crippen molar-refractivity contribution in [3.8, 4) is 17.2 Å². The number of nitrogens with one attached hydrogen (secondary N) is 1. The standard InChI is InChI=1S/C22H25BrN2O6/c1-28-17-10-14(11-18(29-2)20(17)31-13-19(24)26)21(27)25-22(6-8-30-9-7-22)15-4-3-5-16(23)12-15/h3-5,10-12H,6-9,13H2,1-2H3,(H2,24,26)(H,25,27). The minimum absolute atomic E-state index is 0.202. The molecule has 1 fully saturated rings. The number of hydrogen-bond donors (Lipinski definition) is 2. The van der Waals surface area contributed by atoms with Crippen molar-refractivity contribution in [2.75, 3.05) is 34.0 Å². The van der Waals surface area contributed by atoms with E-state index in [1.807, 2.05) is 24.3 Å². The first-order chi connectivity index (χ1) is 14.9. The van der Waals surface area contributed by atoms with Crippen LogP contribution in [0.25, 0.3) is 0 Å². The Kier molecular flexibility index (Phi) is 7.40. The molecular weight excluding hydrogens is 468 g/mol. The van der Waals surface area contributed by atoms with E-state index < -0.39 is 11.4 Å². The summed E-state index contributed by atoms with van der Waals surface area (Å²) in [5, 5.41) is 3.20. The summed E-state index contributed by atoms with van der Waals surface area (Å²) in [5.74, 6) is -0.210. The van der Waals surface area contributed by atoms with Crippen LogP contribution in [0.5, 0.6) is 17.2 Å². The summed E-state index contributed by atoms with van der Waals surface area (Å²) in [6, 6.07) is 11.0. The molecule has 0 atom stereocenters. The molecule has 2 aromatic rings. The van der Waals surface area contributed by atoms with Crippen LogP contribution in [0.15, 0.2) is 40.9 Å². The molecule has 0 aromatic heterocycles. The molecule has 0 bridgehead atoms. The zero-order chi connectivity index (χ0) is 22.4. The quantitative estimate of drug-likeness (QED) is 0.586. The molecule has 8 nitrogen and oxygen atoms in total. The largest absolute Gasteiger partial charge is 0.493 e. The van der Waals surface area contributed by atoms with Crippen LogP contribution in [0.3, 0.4) is 0 Å². The van der Waals surface area contributed by atoms with Crippen molar-refractivity contribution in [2.24, 2.45) is 5.73 Å². The van der Waals surface area contributed by atoms with Gasteiger partial charge in [-0.1, -0.05) is 28.1 Å². The van der Waals surface area contributed by atoms with Gasteiger partial charge in [0.2, 0.25) is 5.75 Å². The number of halogens is 1. The highest BCUT2D eigenvalue weighted by atomic mass is 79.9. The molecule has 3 rings (SSSR count). The van der Waals surface area contributed by atoms with E-state index in [0.717, 1.165) is 10.0 Å². The second-order valence-corrected chi connectivity index (χ2v) is 8.04. The van der Waals surface area contributed by atoms with Crippen molar-refractivity contribution in [1.82, 2.24) is 5.32 Å². The molecule has 1 heterocycles. The lowest BCUT2D eigenvalue weighted by Gasteiger charge is -2.38. The minimum atomic E-state index is -0.638. The van der Waals surface area contributed by atoms with Gasteiger partial charge >= 0.3 is 0 Å². The van der Waals surface area contributed by atoms with Gasteiger partial charge in [-0.15, -0.1) is 0 Å². The Morgan fingerprint density at radius 1 is 1.13 bits per heavy atom. The molecule has 2 aromatic carbocycles. The van der Waals surface area contributed by atoms with E-state index in [1.165, 1.54) is 14.2 Å². The van der Waals surface area contributed by atoms with Crippen molar-refractivity contribution in [3.05, 3.63) is 52.0 Å². The van der Waals surface area contributed by atoms with E-state index in [9.17, 15) is 9.59 Å². The van der Waals surface area contributed by atoms with E-state index in [4.69, 9.17) is 24.7 Å². The van der Waals surface area contributed by atoms with Crippen LogP contribution in [-0.4, -0.2) is 45.9 Å². The number of benzene rings is 2. The molecule has 3 N–H and O–H groups in total. The number of carbonyl (C=O) groups is 2. The van der Waals surface area contributed by atoms with Gasteiger partial charge in [-0.3, -0.25) is 9.59 Å². The second kappa shape index (κ2) is 10.0. The maximum atomic E-state index is 13.3. The van der Waals surface area contributed by atoms with E-state index in [2.05, 4.69) is 21.2 Å². The Balaban J connectivity index is 1.94. The number of hydrogen-bond acceptors (Lipinski definition) is 6. The Morgan fingerprint density at radius 3 is 2.32 bits per heavy atom. The van der Waals surface area contributed by atoms with Crippen molar-refractivity contribution in [2.45, 2.75) is 18.4 Å². The lowest BCUT2D eigenvalue weighted by Crippen LogP contribution is -2.49. The highest BCUT2D eigenvalue weighted by Crippen LogP contribution is 2.39. The summed E-state index contributed by atoms with van der Waals surface area (Å²) in [4.78, 5) is 24.4. The number of ether oxygens (including phenoxy) is 4. The first-order valence-electron chi connectivity index (χ1n) is 9.72. The zero-order valence-electron chi connectivity index (χ0n) is 17.4. The summed E-state index contributed by atoms with van der Waals surface area (Å²) in [7, 11) is 2.88. The Bertz CT molecular complexity index is 934. The third-order valence-corrected chi connectivity index (χ3v) is 5.65. The van der Waals surface area contributed by atoms with Crippen LogP contribution >= 0.6 is 15.9 Å². The highest BCUT2D eigenvalue weighted by molar-refractivity contribution is 9.10. The fourth-order valence-electron chi connectivity index (χ4n) is 3.58. The molecule has 9 heteroatoms. The predicted molar refractivity (Wildman–Crippen MR) is 118 cm³/mol. The van der Waals surface area contributed by atoms with Crippen molar-refractivity contribution in [1.29, 1.82) is 0 Å². The van der Waals surface area contributed by atoms with Gasteiger partial charge in [0.1, 0.15) is 0 Å². The van der Waals surface area contributed by atoms with Gasteiger partial charge in [-0.25, -0.2) is 0 Å². The average Bonchev–Trinajstić information content (AvgIpc) is 2.77. The number of amides is 2. The normalized spacial score (nSPS) is 15.1. The van der Waals surface area contributed by atoms with Gasteiger partial charge < -0.3 is 30.0 Å². The van der Waals surface area contributed by atoms with E-state index >= 15 is 0 Å². The first kappa shape index (κ1) is 22.9. The number of rotatable bonds is 8. The summed E-state index contributed by atoms with van der Waals surface area (Å²) in [5.41, 5.74) is 5.93. The van der Waals surface area contributed by atoms with Crippen molar-refractivity contribution < 1.29 is 28.5 Å². The molecule has 2 amide bonds. The molecular formula is C22H25BrN2O6. The zero-order valence-corrected chi connectivity index (χ0v) is 19.0. The third-order valence-electron chi connectivity index (χ3n) is 5.16. The molecule has 0 saturated carbocycles. The van der Waals surface area contributed by atoms with Gasteiger partial charge in [-0.2, -0.15) is 0 Å². The molecule has 1 aliphatic heterocycles. The third kappa shape index (κ3) is 5.29.